The van der Waals surface area contributed by atoms with Crippen LogP contribution in [0.15, 0.2) is 60.7 Å². The SMILES string of the molecule is O=C(Nc1ccc(-c2ccc(N3CCOCC3)nn2)cc1)c1ccc(C(F)(F)F)cc1. The molecule has 9 heteroatoms. The van der Waals surface area contributed by atoms with Crippen LogP contribution >= 0.6 is 0 Å². The van der Waals surface area contributed by atoms with Crippen LogP contribution in [0.3, 0.4) is 0 Å². The summed E-state index contributed by atoms with van der Waals surface area (Å²) in [5, 5.41) is 11.2. The quantitative estimate of drug-likeness (QED) is 0.673. The predicted octanol–water partition coefficient (Wildman–Crippen LogP) is 4.25. The van der Waals surface area contributed by atoms with Gasteiger partial charge in [-0.15, -0.1) is 10.2 Å². The van der Waals surface area contributed by atoms with Crippen LogP contribution < -0.4 is 10.2 Å². The third-order valence-electron chi connectivity index (χ3n) is 4.90. The number of ether oxygens (including phenoxy) is 1. The first-order valence-corrected chi connectivity index (χ1v) is 9.66. The molecule has 0 bridgehead atoms. The molecule has 31 heavy (non-hydrogen) atoms. The number of benzene rings is 2. The van der Waals surface area contributed by atoms with E-state index in [1.54, 1.807) is 24.3 Å². The van der Waals surface area contributed by atoms with Crippen LogP contribution in [0.1, 0.15) is 15.9 Å². The van der Waals surface area contributed by atoms with E-state index in [4.69, 9.17) is 4.74 Å². The highest BCUT2D eigenvalue weighted by Gasteiger charge is 2.30. The second-order valence-corrected chi connectivity index (χ2v) is 6.98. The van der Waals surface area contributed by atoms with Crippen molar-refractivity contribution in [3.8, 4) is 11.3 Å². The van der Waals surface area contributed by atoms with Gasteiger partial charge in [0, 0.05) is 29.9 Å². The van der Waals surface area contributed by atoms with Crippen LogP contribution in [0.5, 0.6) is 0 Å². The Hall–Kier alpha value is -3.46. The molecule has 0 atom stereocenters. The van der Waals surface area contributed by atoms with Crippen molar-refractivity contribution < 1.29 is 22.7 Å². The summed E-state index contributed by atoms with van der Waals surface area (Å²) in [7, 11) is 0. The Morgan fingerprint density at radius 1 is 0.903 bits per heavy atom. The van der Waals surface area contributed by atoms with E-state index < -0.39 is 17.6 Å². The molecule has 0 spiro atoms. The zero-order chi connectivity index (χ0) is 21.8. The van der Waals surface area contributed by atoms with Crippen LogP contribution in [0.25, 0.3) is 11.3 Å². The van der Waals surface area contributed by atoms with Crippen LogP contribution in [-0.2, 0) is 10.9 Å². The number of hydrogen-bond acceptors (Lipinski definition) is 5. The summed E-state index contributed by atoms with van der Waals surface area (Å²) in [6, 6.07) is 14.9. The largest absolute Gasteiger partial charge is 0.416 e. The first-order valence-electron chi connectivity index (χ1n) is 9.66. The Kier molecular flexibility index (Phi) is 5.85. The van der Waals surface area contributed by atoms with Gasteiger partial charge in [0.1, 0.15) is 0 Å². The maximum Gasteiger partial charge on any atom is 0.416 e. The maximum atomic E-state index is 12.6. The molecular weight excluding hydrogens is 409 g/mol. The molecule has 2 aromatic carbocycles. The lowest BCUT2D eigenvalue weighted by Crippen LogP contribution is -2.36. The van der Waals surface area contributed by atoms with Crippen LogP contribution in [0, 0.1) is 0 Å². The summed E-state index contributed by atoms with van der Waals surface area (Å²) in [5.41, 5.74) is 1.38. The van der Waals surface area contributed by atoms with Gasteiger partial charge in [0.25, 0.3) is 5.91 Å². The molecule has 160 valence electrons. The van der Waals surface area contributed by atoms with Gasteiger partial charge in [-0.3, -0.25) is 4.79 Å². The highest BCUT2D eigenvalue weighted by Crippen LogP contribution is 2.29. The summed E-state index contributed by atoms with van der Waals surface area (Å²) < 4.78 is 43.3. The highest BCUT2D eigenvalue weighted by atomic mass is 19.4. The molecule has 0 aliphatic carbocycles. The molecule has 0 radical (unpaired) electrons. The van der Waals surface area contributed by atoms with E-state index in [0.717, 1.165) is 48.7 Å². The monoisotopic (exact) mass is 428 g/mol. The average molecular weight is 428 g/mol. The Labute approximate surface area is 176 Å². The number of morpholine rings is 1. The molecule has 2 heterocycles. The summed E-state index contributed by atoms with van der Waals surface area (Å²) >= 11 is 0. The van der Waals surface area contributed by atoms with Gasteiger partial charge in [0.05, 0.1) is 24.5 Å². The number of carbonyl (C=O) groups excluding carboxylic acids is 1. The van der Waals surface area contributed by atoms with E-state index in [9.17, 15) is 18.0 Å². The highest BCUT2D eigenvalue weighted by molar-refractivity contribution is 6.04. The number of anilines is 2. The van der Waals surface area contributed by atoms with Crippen molar-refractivity contribution in [2.24, 2.45) is 0 Å². The first kappa shape index (κ1) is 20.8. The standard InChI is InChI=1S/C22H19F3N4O2/c23-22(24,25)17-5-1-16(2-6-17)21(30)26-18-7-3-15(4-8-18)19-9-10-20(28-27-19)29-11-13-31-14-12-29/h1-10H,11-14H2,(H,26,30). The van der Waals surface area contributed by atoms with Crippen molar-refractivity contribution in [3.05, 3.63) is 71.8 Å². The zero-order valence-corrected chi connectivity index (χ0v) is 16.4. The predicted molar refractivity (Wildman–Crippen MR) is 110 cm³/mol. The normalized spacial score (nSPS) is 14.4. The van der Waals surface area contributed by atoms with E-state index in [2.05, 4.69) is 20.4 Å². The van der Waals surface area contributed by atoms with E-state index in [-0.39, 0.29) is 5.56 Å². The topological polar surface area (TPSA) is 67.4 Å². The fourth-order valence-electron chi connectivity index (χ4n) is 3.18. The number of rotatable bonds is 4. The van der Waals surface area contributed by atoms with Gasteiger partial charge in [-0.2, -0.15) is 13.2 Å². The Morgan fingerprint density at radius 3 is 2.16 bits per heavy atom. The van der Waals surface area contributed by atoms with Gasteiger partial charge in [0.15, 0.2) is 5.82 Å². The molecule has 1 aromatic heterocycles. The van der Waals surface area contributed by atoms with Crippen molar-refractivity contribution in [3.63, 3.8) is 0 Å². The molecule has 3 aromatic rings. The van der Waals surface area contributed by atoms with E-state index >= 15 is 0 Å². The lowest BCUT2D eigenvalue weighted by Gasteiger charge is -2.27. The first-order chi connectivity index (χ1) is 14.9. The molecule has 1 amide bonds. The van der Waals surface area contributed by atoms with E-state index in [0.29, 0.717) is 24.6 Å². The van der Waals surface area contributed by atoms with Gasteiger partial charge >= 0.3 is 6.18 Å². The molecule has 1 aliphatic heterocycles. The van der Waals surface area contributed by atoms with Crippen molar-refractivity contribution >= 4 is 17.4 Å². The minimum atomic E-state index is -4.44. The maximum absolute atomic E-state index is 12.6. The second-order valence-electron chi connectivity index (χ2n) is 6.98. The number of aromatic nitrogens is 2. The number of amides is 1. The summed E-state index contributed by atoms with van der Waals surface area (Å²) in [6.07, 6.45) is -4.44. The molecule has 1 fully saturated rings. The molecule has 1 N–H and O–H groups in total. The number of halogens is 3. The van der Waals surface area contributed by atoms with Gasteiger partial charge < -0.3 is 15.0 Å². The van der Waals surface area contributed by atoms with E-state index in [1.165, 1.54) is 0 Å². The van der Waals surface area contributed by atoms with Crippen LogP contribution in [0.4, 0.5) is 24.7 Å². The summed E-state index contributed by atoms with van der Waals surface area (Å²) in [5.74, 6) is 0.309. The molecule has 6 nitrogen and oxygen atoms in total. The Morgan fingerprint density at radius 2 is 1.58 bits per heavy atom. The fourth-order valence-corrected chi connectivity index (χ4v) is 3.18. The van der Waals surface area contributed by atoms with Crippen molar-refractivity contribution in [2.75, 3.05) is 36.5 Å². The Bertz CT molecular complexity index is 1030. The van der Waals surface area contributed by atoms with Crippen molar-refractivity contribution in [1.82, 2.24) is 10.2 Å². The summed E-state index contributed by atoms with van der Waals surface area (Å²) in [4.78, 5) is 14.4. The lowest BCUT2D eigenvalue weighted by atomic mass is 10.1. The van der Waals surface area contributed by atoms with Crippen LogP contribution in [-0.4, -0.2) is 42.4 Å². The van der Waals surface area contributed by atoms with Crippen LogP contribution in [0.2, 0.25) is 0 Å². The third kappa shape index (κ3) is 5.00. The molecular formula is C22H19F3N4O2. The number of nitrogens with zero attached hydrogens (tertiary/aromatic N) is 3. The molecule has 0 unspecified atom stereocenters. The smallest absolute Gasteiger partial charge is 0.378 e. The van der Waals surface area contributed by atoms with Gasteiger partial charge in [-0.25, -0.2) is 0 Å². The number of nitrogens with one attached hydrogen (secondary N) is 1. The fraction of sp³-hybridized carbons (Fsp3) is 0.227. The van der Waals surface area contributed by atoms with Gasteiger partial charge in [0.2, 0.25) is 0 Å². The minimum Gasteiger partial charge on any atom is -0.378 e. The molecule has 1 aliphatic rings. The van der Waals surface area contributed by atoms with Gasteiger partial charge in [-0.1, -0.05) is 12.1 Å². The van der Waals surface area contributed by atoms with Crippen molar-refractivity contribution in [1.29, 1.82) is 0 Å². The third-order valence-corrected chi connectivity index (χ3v) is 4.90. The number of alkyl halides is 3. The number of hydrogen-bond donors (Lipinski definition) is 1. The average Bonchev–Trinajstić information content (AvgIpc) is 2.80. The molecule has 0 saturated carbocycles. The molecule has 1 saturated heterocycles. The van der Waals surface area contributed by atoms with Gasteiger partial charge in [-0.05, 0) is 48.5 Å². The lowest BCUT2D eigenvalue weighted by molar-refractivity contribution is -0.137. The minimum absolute atomic E-state index is 0.140. The van der Waals surface area contributed by atoms with Crippen molar-refractivity contribution in [2.45, 2.75) is 6.18 Å². The van der Waals surface area contributed by atoms with E-state index in [1.807, 2.05) is 12.1 Å². The number of carbonyl (C=O) groups is 1. The second kappa shape index (κ2) is 8.73. The molecule has 4 rings (SSSR count). The summed E-state index contributed by atoms with van der Waals surface area (Å²) in [6.45, 7) is 2.90. The Balaban J connectivity index is 1.40. The zero-order valence-electron chi connectivity index (χ0n) is 16.4.